The van der Waals surface area contributed by atoms with E-state index in [9.17, 15) is 9.59 Å². The third-order valence-electron chi connectivity index (χ3n) is 5.63. The Balaban J connectivity index is 1.48. The molecule has 3 heterocycles. The minimum Gasteiger partial charge on any atom is -0.361 e. The average molecular weight is 382 g/mol. The number of amides is 2. The molecule has 7 heteroatoms. The molecule has 2 aliphatic heterocycles. The second-order valence-electron chi connectivity index (χ2n) is 7.53. The number of nitrogens with zero attached hydrogens (tertiary/aromatic N) is 4. The van der Waals surface area contributed by atoms with Crippen molar-refractivity contribution in [3.63, 3.8) is 0 Å². The summed E-state index contributed by atoms with van der Waals surface area (Å²) in [4.78, 5) is 33.3. The molecule has 1 aromatic heterocycles. The van der Waals surface area contributed by atoms with Gasteiger partial charge >= 0.3 is 0 Å². The fourth-order valence-corrected chi connectivity index (χ4v) is 4.16. The van der Waals surface area contributed by atoms with Crippen LogP contribution in [-0.4, -0.2) is 58.1 Å². The number of carbonyl (C=O) groups is 2. The van der Waals surface area contributed by atoms with Crippen molar-refractivity contribution in [3.8, 4) is 0 Å². The van der Waals surface area contributed by atoms with E-state index in [1.54, 1.807) is 11.1 Å². The molecule has 2 aromatic rings. The van der Waals surface area contributed by atoms with Gasteiger partial charge in [-0.05, 0) is 25.0 Å². The Hall–Kier alpha value is -2.67. The van der Waals surface area contributed by atoms with Gasteiger partial charge in [0.2, 0.25) is 5.91 Å². The molecule has 2 saturated heterocycles. The van der Waals surface area contributed by atoms with Crippen LogP contribution < -0.4 is 4.90 Å². The van der Waals surface area contributed by atoms with Crippen LogP contribution in [0.25, 0.3) is 0 Å². The molecule has 0 saturated carbocycles. The monoisotopic (exact) mass is 382 g/mol. The van der Waals surface area contributed by atoms with Gasteiger partial charge in [0.25, 0.3) is 5.91 Å². The first-order valence-electron chi connectivity index (χ1n) is 9.87. The average Bonchev–Trinajstić information content (AvgIpc) is 3.18. The maximum atomic E-state index is 12.9. The van der Waals surface area contributed by atoms with Gasteiger partial charge in [0.1, 0.15) is 24.6 Å². The van der Waals surface area contributed by atoms with Crippen molar-refractivity contribution < 1.29 is 14.3 Å². The van der Waals surface area contributed by atoms with E-state index in [0.29, 0.717) is 19.6 Å². The highest BCUT2D eigenvalue weighted by atomic mass is 16.5. The van der Waals surface area contributed by atoms with Crippen LogP contribution >= 0.6 is 0 Å². The minimum absolute atomic E-state index is 0.0359. The first kappa shape index (κ1) is 18.7. The normalized spacial score (nSPS) is 22.7. The molecule has 0 radical (unpaired) electrons. The van der Waals surface area contributed by atoms with E-state index in [2.05, 4.69) is 4.98 Å². The van der Waals surface area contributed by atoms with Crippen molar-refractivity contribution >= 4 is 17.5 Å². The summed E-state index contributed by atoms with van der Waals surface area (Å²) < 4.78 is 7.93. The number of piperidine rings is 1. The summed E-state index contributed by atoms with van der Waals surface area (Å²) in [6, 6.07) is 9.67. The highest BCUT2D eigenvalue weighted by Crippen LogP contribution is 2.31. The Morgan fingerprint density at radius 3 is 2.86 bits per heavy atom. The third kappa shape index (κ3) is 3.67. The SMILES string of the molecule is CCc1nccn1CC(=O)N1CCCC2(C1)CN(c1ccccc1)C(=O)CO2. The summed E-state index contributed by atoms with van der Waals surface area (Å²) in [6.45, 7) is 4.09. The third-order valence-corrected chi connectivity index (χ3v) is 5.63. The molecule has 1 aromatic carbocycles. The molecule has 1 spiro atoms. The number of hydrogen-bond donors (Lipinski definition) is 0. The van der Waals surface area contributed by atoms with Gasteiger partial charge in [-0.1, -0.05) is 25.1 Å². The number of hydrogen-bond acceptors (Lipinski definition) is 4. The predicted octanol–water partition coefficient (Wildman–Crippen LogP) is 1.87. The van der Waals surface area contributed by atoms with E-state index >= 15 is 0 Å². The second kappa shape index (κ2) is 7.75. The van der Waals surface area contributed by atoms with Crippen LogP contribution in [0.1, 0.15) is 25.6 Å². The van der Waals surface area contributed by atoms with Crippen LogP contribution in [0.4, 0.5) is 5.69 Å². The Kier molecular flexibility index (Phi) is 5.17. The highest BCUT2D eigenvalue weighted by molar-refractivity contribution is 5.95. The van der Waals surface area contributed by atoms with E-state index in [4.69, 9.17) is 4.74 Å². The molecular weight excluding hydrogens is 356 g/mol. The standard InChI is InChI=1S/C21H26N4O3/c1-2-18-22-10-12-23(18)13-19(26)24-11-6-9-21(15-24)16-25(20(27)14-28-21)17-7-4-3-5-8-17/h3-5,7-8,10,12H,2,6,9,11,13-16H2,1H3. The van der Waals surface area contributed by atoms with E-state index in [1.165, 1.54) is 0 Å². The van der Waals surface area contributed by atoms with Gasteiger partial charge in [-0.3, -0.25) is 9.59 Å². The van der Waals surface area contributed by atoms with Crippen LogP contribution in [-0.2, 0) is 27.3 Å². The van der Waals surface area contributed by atoms with Crippen molar-refractivity contribution in [2.24, 2.45) is 0 Å². The topological polar surface area (TPSA) is 67.7 Å². The van der Waals surface area contributed by atoms with E-state index in [0.717, 1.165) is 37.3 Å². The van der Waals surface area contributed by atoms with Gasteiger partial charge < -0.3 is 19.1 Å². The molecule has 1 unspecified atom stereocenters. The Bertz CT molecular complexity index is 850. The molecule has 0 N–H and O–H groups in total. The number of likely N-dealkylation sites (tertiary alicyclic amines) is 1. The van der Waals surface area contributed by atoms with Gasteiger partial charge in [0, 0.05) is 31.0 Å². The van der Waals surface area contributed by atoms with Crippen molar-refractivity contribution in [1.29, 1.82) is 0 Å². The molecule has 1 atom stereocenters. The largest absolute Gasteiger partial charge is 0.361 e. The number of aryl methyl sites for hydroxylation is 1. The molecule has 2 fully saturated rings. The number of aromatic nitrogens is 2. The number of rotatable bonds is 4. The number of anilines is 1. The number of para-hydroxylation sites is 1. The van der Waals surface area contributed by atoms with Gasteiger partial charge in [-0.15, -0.1) is 0 Å². The zero-order valence-electron chi connectivity index (χ0n) is 16.2. The maximum absolute atomic E-state index is 12.9. The molecule has 2 amide bonds. The van der Waals surface area contributed by atoms with Crippen LogP contribution in [0, 0.1) is 0 Å². The molecule has 148 valence electrons. The highest BCUT2D eigenvalue weighted by Gasteiger charge is 2.44. The van der Waals surface area contributed by atoms with Gasteiger partial charge in [-0.25, -0.2) is 4.98 Å². The number of benzene rings is 1. The minimum atomic E-state index is -0.500. The molecule has 0 aliphatic carbocycles. The smallest absolute Gasteiger partial charge is 0.253 e. The van der Waals surface area contributed by atoms with Crippen molar-refractivity contribution in [2.45, 2.75) is 38.3 Å². The maximum Gasteiger partial charge on any atom is 0.253 e. The quantitative estimate of drug-likeness (QED) is 0.810. The Labute approximate surface area is 164 Å². The van der Waals surface area contributed by atoms with Gasteiger partial charge in [-0.2, -0.15) is 0 Å². The van der Waals surface area contributed by atoms with Crippen LogP contribution in [0.3, 0.4) is 0 Å². The lowest BCUT2D eigenvalue weighted by Crippen LogP contribution is -2.62. The number of carbonyl (C=O) groups excluding carboxylic acids is 2. The molecule has 28 heavy (non-hydrogen) atoms. The lowest BCUT2D eigenvalue weighted by Gasteiger charge is -2.47. The summed E-state index contributed by atoms with van der Waals surface area (Å²) in [6.07, 6.45) is 6.09. The van der Waals surface area contributed by atoms with Gasteiger partial charge in [0.15, 0.2) is 0 Å². The zero-order chi connectivity index (χ0) is 19.6. The van der Waals surface area contributed by atoms with Crippen molar-refractivity contribution in [1.82, 2.24) is 14.5 Å². The van der Waals surface area contributed by atoms with E-state index in [-0.39, 0.29) is 18.4 Å². The summed E-state index contributed by atoms with van der Waals surface area (Å²) in [5, 5.41) is 0. The number of morpholine rings is 1. The first-order valence-corrected chi connectivity index (χ1v) is 9.87. The van der Waals surface area contributed by atoms with Crippen molar-refractivity contribution in [2.75, 3.05) is 31.1 Å². The van der Waals surface area contributed by atoms with E-state index < -0.39 is 5.60 Å². The summed E-state index contributed by atoms with van der Waals surface area (Å²) >= 11 is 0. The lowest BCUT2D eigenvalue weighted by atomic mass is 9.90. The first-order chi connectivity index (χ1) is 13.6. The molecule has 7 nitrogen and oxygen atoms in total. The van der Waals surface area contributed by atoms with Crippen LogP contribution in [0.2, 0.25) is 0 Å². The Morgan fingerprint density at radius 1 is 1.25 bits per heavy atom. The summed E-state index contributed by atoms with van der Waals surface area (Å²) in [5.74, 6) is 0.944. The van der Waals surface area contributed by atoms with E-state index in [1.807, 2.05) is 52.9 Å². The van der Waals surface area contributed by atoms with Gasteiger partial charge in [0.05, 0.1) is 13.1 Å². The van der Waals surface area contributed by atoms with Crippen molar-refractivity contribution in [3.05, 3.63) is 48.5 Å². The fraction of sp³-hybridized carbons (Fsp3) is 0.476. The number of ether oxygens (including phenoxy) is 1. The summed E-state index contributed by atoms with van der Waals surface area (Å²) in [5.41, 5.74) is 0.379. The fourth-order valence-electron chi connectivity index (χ4n) is 4.16. The predicted molar refractivity (Wildman–Crippen MR) is 105 cm³/mol. The Morgan fingerprint density at radius 2 is 2.07 bits per heavy atom. The number of imidazole rings is 1. The van der Waals surface area contributed by atoms with Crippen LogP contribution in [0.15, 0.2) is 42.7 Å². The second-order valence-corrected chi connectivity index (χ2v) is 7.53. The molecule has 0 bridgehead atoms. The molecular formula is C21H26N4O3. The summed E-state index contributed by atoms with van der Waals surface area (Å²) in [7, 11) is 0. The van der Waals surface area contributed by atoms with Crippen LogP contribution in [0.5, 0.6) is 0 Å². The molecule has 2 aliphatic rings. The zero-order valence-corrected chi connectivity index (χ0v) is 16.2. The molecule has 4 rings (SSSR count). The lowest BCUT2D eigenvalue weighted by molar-refractivity contribution is -0.153.